The van der Waals surface area contributed by atoms with E-state index in [1.165, 1.54) is 18.2 Å². The Balaban J connectivity index is 1.72. The standard InChI is InChI=1S/C17H20N4O3/c1-20(15-8-3-2-4-9-15)12-6-11-18-17(22)19-14-7-5-10-16(13-14)21(23)24/h2-5,7-10,13H,6,11-12H2,1H3,(H2,18,19,22). The number of urea groups is 1. The van der Waals surface area contributed by atoms with Crippen molar-refractivity contribution in [3.63, 3.8) is 0 Å². The summed E-state index contributed by atoms with van der Waals surface area (Å²) in [5.41, 5.74) is 1.46. The number of non-ortho nitro benzene ring substituents is 1. The van der Waals surface area contributed by atoms with E-state index in [0.717, 1.165) is 18.7 Å². The van der Waals surface area contributed by atoms with E-state index in [2.05, 4.69) is 15.5 Å². The van der Waals surface area contributed by atoms with Crippen LogP contribution >= 0.6 is 0 Å². The van der Waals surface area contributed by atoms with Crippen LogP contribution in [-0.2, 0) is 0 Å². The third kappa shape index (κ3) is 5.28. The van der Waals surface area contributed by atoms with Crippen LogP contribution in [0.1, 0.15) is 6.42 Å². The molecular weight excluding hydrogens is 308 g/mol. The molecule has 2 amide bonds. The van der Waals surface area contributed by atoms with Crippen LogP contribution in [0.5, 0.6) is 0 Å². The summed E-state index contributed by atoms with van der Waals surface area (Å²) < 4.78 is 0. The summed E-state index contributed by atoms with van der Waals surface area (Å²) >= 11 is 0. The maximum absolute atomic E-state index is 11.8. The predicted octanol–water partition coefficient (Wildman–Crippen LogP) is 3.24. The Morgan fingerprint density at radius 2 is 1.92 bits per heavy atom. The van der Waals surface area contributed by atoms with E-state index in [1.807, 2.05) is 37.4 Å². The lowest BCUT2D eigenvalue weighted by Gasteiger charge is -2.19. The normalized spacial score (nSPS) is 10.0. The van der Waals surface area contributed by atoms with Gasteiger partial charge in [-0.2, -0.15) is 0 Å². The fourth-order valence-electron chi connectivity index (χ4n) is 2.20. The molecule has 0 spiro atoms. The smallest absolute Gasteiger partial charge is 0.319 e. The Morgan fingerprint density at radius 3 is 2.62 bits per heavy atom. The molecule has 0 aliphatic heterocycles. The molecule has 0 unspecified atom stereocenters. The van der Waals surface area contributed by atoms with Crippen molar-refractivity contribution in [2.24, 2.45) is 0 Å². The minimum Gasteiger partial charge on any atom is -0.375 e. The van der Waals surface area contributed by atoms with Gasteiger partial charge in [-0.15, -0.1) is 0 Å². The Bertz CT molecular complexity index is 691. The number of hydrogen-bond acceptors (Lipinski definition) is 4. The van der Waals surface area contributed by atoms with Crippen molar-refractivity contribution in [3.05, 3.63) is 64.7 Å². The van der Waals surface area contributed by atoms with Crippen molar-refractivity contribution >= 4 is 23.1 Å². The van der Waals surface area contributed by atoms with E-state index in [9.17, 15) is 14.9 Å². The van der Waals surface area contributed by atoms with Crippen LogP contribution in [0, 0.1) is 10.1 Å². The number of para-hydroxylation sites is 1. The van der Waals surface area contributed by atoms with E-state index < -0.39 is 4.92 Å². The van der Waals surface area contributed by atoms with Crippen LogP contribution in [0.4, 0.5) is 21.9 Å². The van der Waals surface area contributed by atoms with E-state index in [0.29, 0.717) is 12.2 Å². The van der Waals surface area contributed by atoms with E-state index >= 15 is 0 Å². The van der Waals surface area contributed by atoms with E-state index in [1.54, 1.807) is 6.07 Å². The molecule has 0 bridgehead atoms. The van der Waals surface area contributed by atoms with Crippen molar-refractivity contribution in [1.29, 1.82) is 0 Å². The van der Waals surface area contributed by atoms with Crippen LogP contribution in [0.15, 0.2) is 54.6 Å². The number of nitro benzene ring substituents is 1. The molecule has 0 heterocycles. The third-order valence-corrected chi connectivity index (χ3v) is 3.47. The summed E-state index contributed by atoms with van der Waals surface area (Å²) in [7, 11) is 2.00. The molecule has 126 valence electrons. The van der Waals surface area contributed by atoms with Crippen LogP contribution in [0.2, 0.25) is 0 Å². The van der Waals surface area contributed by atoms with Gasteiger partial charge in [0.2, 0.25) is 0 Å². The lowest BCUT2D eigenvalue weighted by atomic mass is 10.3. The Morgan fingerprint density at radius 1 is 1.17 bits per heavy atom. The highest BCUT2D eigenvalue weighted by Gasteiger charge is 2.07. The van der Waals surface area contributed by atoms with Gasteiger partial charge in [0.05, 0.1) is 4.92 Å². The molecule has 7 nitrogen and oxygen atoms in total. The molecule has 0 atom stereocenters. The molecule has 2 rings (SSSR count). The van der Waals surface area contributed by atoms with Gasteiger partial charge in [-0.3, -0.25) is 10.1 Å². The number of carbonyl (C=O) groups excluding carboxylic acids is 1. The Kier molecular flexibility index (Phi) is 6.13. The largest absolute Gasteiger partial charge is 0.375 e. The van der Waals surface area contributed by atoms with Crippen molar-refractivity contribution in [2.75, 3.05) is 30.4 Å². The first-order chi connectivity index (χ1) is 11.6. The number of benzene rings is 2. The molecule has 0 radical (unpaired) electrons. The first-order valence-corrected chi connectivity index (χ1v) is 7.62. The first-order valence-electron chi connectivity index (χ1n) is 7.62. The van der Waals surface area contributed by atoms with E-state index in [4.69, 9.17) is 0 Å². The highest BCUT2D eigenvalue weighted by atomic mass is 16.6. The summed E-state index contributed by atoms with van der Waals surface area (Å²) in [6, 6.07) is 15.5. The molecule has 2 aromatic carbocycles. The molecule has 0 fully saturated rings. The second-order valence-corrected chi connectivity index (χ2v) is 5.30. The average Bonchev–Trinajstić information content (AvgIpc) is 2.59. The van der Waals surface area contributed by atoms with Crippen molar-refractivity contribution < 1.29 is 9.72 Å². The van der Waals surface area contributed by atoms with Gasteiger partial charge in [0.15, 0.2) is 0 Å². The van der Waals surface area contributed by atoms with Gasteiger partial charge in [-0.25, -0.2) is 4.79 Å². The summed E-state index contributed by atoms with van der Waals surface area (Å²) in [6.45, 7) is 1.32. The quantitative estimate of drug-likeness (QED) is 0.464. The van der Waals surface area contributed by atoms with Crippen molar-refractivity contribution in [1.82, 2.24) is 5.32 Å². The number of rotatable bonds is 7. The lowest BCUT2D eigenvalue weighted by Crippen LogP contribution is -2.31. The zero-order valence-corrected chi connectivity index (χ0v) is 13.4. The van der Waals surface area contributed by atoms with Gasteiger partial charge in [0.25, 0.3) is 5.69 Å². The molecule has 2 aromatic rings. The fourth-order valence-corrected chi connectivity index (χ4v) is 2.20. The first kappa shape index (κ1) is 17.3. The summed E-state index contributed by atoms with van der Waals surface area (Å²) in [4.78, 5) is 24.1. The van der Waals surface area contributed by atoms with Gasteiger partial charge in [-0.1, -0.05) is 24.3 Å². The second-order valence-electron chi connectivity index (χ2n) is 5.30. The maximum atomic E-state index is 11.8. The van der Waals surface area contributed by atoms with Crippen LogP contribution in [0.25, 0.3) is 0 Å². The fraction of sp³-hybridized carbons (Fsp3) is 0.235. The number of nitrogens with zero attached hydrogens (tertiary/aromatic N) is 2. The van der Waals surface area contributed by atoms with Gasteiger partial charge in [-0.05, 0) is 24.6 Å². The summed E-state index contributed by atoms with van der Waals surface area (Å²) in [5.74, 6) is 0. The lowest BCUT2D eigenvalue weighted by molar-refractivity contribution is -0.384. The van der Waals surface area contributed by atoms with Gasteiger partial charge in [0, 0.05) is 43.6 Å². The molecule has 7 heteroatoms. The molecule has 0 saturated heterocycles. The minimum absolute atomic E-state index is 0.0581. The number of nitrogens with one attached hydrogen (secondary N) is 2. The van der Waals surface area contributed by atoms with Crippen LogP contribution in [-0.4, -0.2) is 31.1 Å². The number of carbonyl (C=O) groups is 1. The number of hydrogen-bond donors (Lipinski definition) is 2. The number of anilines is 2. The van der Waals surface area contributed by atoms with Gasteiger partial charge < -0.3 is 15.5 Å². The molecule has 24 heavy (non-hydrogen) atoms. The van der Waals surface area contributed by atoms with Crippen molar-refractivity contribution in [2.45, 2.75) is 6.42 Å². The molecule has 0 saturated carbocycles. The monoisotopic (exact) mass is 328 g/mol. The predicted molar refractivity (Wildman–Crippen MR) is 94.4 cm³/mol. The highest BCUT2D eigenvalue weighted by molar-refractivity contribution is 5.89. The maximum Gasteiger partial charge on any atom is 0.319 e. The van der Waals surface area contributed by atoms with Gasteiger partial charge in [0.1, 0.15) is 0 Å². The molecule has 2 N–H and O–H groups in total. The second kappa shape index (κ2) is 8.52. The van der Waals surface area contributed by atoms with Crippen LogP contribution < -0.4 is 15.5 Å². The topological polar surface area (TPSA) is 87.5 Å². The number of nitro groups is 1. The molecule has 0 aromatic heterocycles. The van der Waals surface area contributed by atoms with E-state index in [-0.39, 0.29) is 11.7 Å². The molecule has 0 aliphatic rings. The number of amides is 2. The average molecular weight is 328 g/mol. The zero-order chi connectivity index (χ0) is 17.4. The zero-order valence-electron chi connectivity index (χ0n) is 13.4. The van der Waals surface area contributed by atoms with Crippen LogP contribution in [0.3, 0.4) is 0 Å². The van der Waals surface area contributed by atoms with Crippen molar-refractivity contribution in [3.8, 4) is 0 Å². The highest BCUT2D eigenvalue weighted by Crippen LogP contribution is 2.16. The van der Waals surface area contributed by atoms with Gasteiger partial charge >= 0.3 is 6.03 Å². The SMILES string of the molecule is CN(CCCNC(=O)Nc1cccc([N+](=O)[O-])c1)c1ccccc1. The third-order valence-electron chi connectivity index (χ3n) is 3.47. The Labute approximate surface area is 140 Å². The molecular formula is C17H20N4O3. The Hall–Kier alpha value is -3.09. The minimum atomic E-state index is -0.498. The summed E-state index contributed by atoms with van der Waals surface area (Å²) in [6.07, 6.45) is 0.785. The molecule has 0 aliphatic carbocycles. The summed E-state index contributed by atoms with van der Waals surface area (Å²) in [5, 5.41) is 16.0.